The molecular formula is C19H26Cl3N3O3S. The van der Waals surface area contributed by atoms with Crippen molar-refractivity contribution in [3.05, 3.63) is 29.8 Å². The SMILES string of the molecule is CCCCCCCC(=O)NC(NC(=S)Nc1ccccc1C(=O)OC)C(Cl)(Cl)Cl. The first kappa shape index (κ1) is 25.8. The minimum atomic E-state index is -1.84. The molecule has 0 radical (unpaired) electrons. The third-order valence-electron chi connectivity index (χ3n) is 4.00. The second-order valence-electron chi connectivity index (χ2n) is 6.34. The van der Waals surface area contributed by atoms with Gasteiger partial charge in [0.15, 0.2) is 5.11 Å². The highest BCUT2D eigenvalue weighted by molar-refractivity contribution is 7.80. The van der Waals surface area contributed by atoms with Crippen molar-refractivity contribution < 1.29 is 14.3 Å². The Morgan fingerprint density at radius 1 is 1.10 bits per heavy atom. The summed E-state index contributed by atoms with van der Waals surface area (Å²) in [5.41, 5.74) is 0.711. The van der Waals surface area contributed by atoms with E-state index in [4.69, 9.17) is 51.8 Å². The number of hydrogen-bond donors (Lipinski definition) is 3. The molecule has 0 saturated heterocycles. The van der Waals surface area contributed by atoms with Crippen LogP contribution in [0.25, 0.3) is 0 Å². The molecule has 10 heteroatoms. The molecule has 0 heterocycles. The number of ether oxygens (including phenoxy) is 1. The summed E-state index contributed by atoms with van der Waals surface area (Å²) in [4.78, 5) is 24.1. The van der Waals surface area contributed by atoms with Crippen molar-refractivity contribution in [2.45, 2.75) is 55.4 Å². The number of amides is 1. The minimum Gasteiger partial charge on any atom is -0.465 e. The van der Waals surface area contributed by atoms with Crippen molar-refractivity contribution in [1.82, 2.24) is 10.6 Å². The summed E-state index contributed by atoms with van der Waals surface area (Å²) in [5, 5.41) is 8.35. The van der Waals surface area contributed by atoms with E-state index in [1.54, 1.807) is 24.3 Å². The van der Waals surface area contributed by atoms with Crippen LogP contribution < -0.4 is 16.0 Å². The number of rotatable bonds is 10. The Morgan fingerprint density at radius 3 is 2.38 bits per heavy atom. The minimum absolute atomic E-state index is 0.0703. The van der Waals surface area contributed by atoms with Gasteiger partial charge in [0.1, 0.15) is 6.17 Å². The predicted molar refractivity (Wildman–Crippen MR) is 123 cm³/mol. The fourth-order valence-electron chi connectivity index (χ4n) is 2.49. The zero-order valence-electron chi connectivity index (χ0n) is 16.4. The van der Waals surface area contributed by atoms with E-state index < -0.39 is 15.9 Å². The number of alkyl halides is 3. The zero-order chi connectivity index (χ0) is 21.9. The van der Waals surface area contributed by atoms with Crippen LogP contribution >= 0.6 is 47.0 Å². The lowest BCUT2D eigenvalue weighted by atomic mass is 10.1. The summed E-state index contributed by atoms with van der Waals surface area (Å²) in [7, 11) is 1.28. The van der Waals surface area contributed by atoms with Gasteiger partial charge in [0.25, 0.3) is 0 Å². The maximum atomic E-state index is 12.2. The summed E-state index contributed by atoms with van der Waals surface area (Å²) >= 11 is 23.2. The van der Waals surface area contributed by atoms with Crippen LogP contribution in [-0.4, -0.2) is 34.1 Å². The van der Waals surface area contributed by atoms with E-state index in [1.165, 1.54) is 7.11 Å². The van der Waals surface area contributed by atoms with Crippen LogP contribution in [0.1, 0.15) is 55.8 Å². The van der Waals surface area contributed by atoms with Crippen LogP contribution in [0, 0.1) is 0 Å². The molecule has 0 bridgehead atoms. The average molecular weight is 483 g/mol. The molecule has 1 amide bonds. The molecular weight excluding hydrogens is 457 g/mol. The van der Waals surface area contributed by atoms with Gasteiger partial charge in [-0.2, -0.15) is 0 Å². The van der Waals surface area contributed by atoms with Gasteiger partial charge in [-0.25, -0.2) is 4.79 Å². The first-order valence-corrected chi connectivity index (χ1v) is 10.8. The van der Waals surface area contributed by atoms with Crippen molar-refractivity contribution in [3.63, 3.8) is 0 Å². The van der Waals surface area contributed by atoms with Gasteiger partial charge in [0.05, 0.1) is 18.4 Å². The largest absolute Gasteiger partial charge is 0.465 e. The van der Waals surface area contributed by atoms with Gasteiger partial charge in [-0.05, 0) is 30.8 Å². The number of para-hydroxylation sites is 1. The number of hydrogen-bond acceptors (Lipinski definition) is 4. The highest BCUT2D eigenvalue weighted by atomic mass is 35.6. The molecule has 0 aliphatic rings. The molecule has 0 fully saturated rings. The Balaban J connectivity index is 2.69. The Kier molecular flexibility index (Phi) is 11.6. The standard InChI is InChI=1S/C19H26Cl3N3O3S/c1-3-4-5-6-7-12-15(26)24-17(19(20,21)22)25-18(29)23-14-11-9-8-10-13(14)16(27)28-2/h8-11,17H,3-7,12H2,1-2H3,(H,24,26)(H2,23,25,29). The van der Waals surface area contributed by atoms with E-state index >= 15 is 0 Å². The molecule has 1 rings (SSSR count). The van der Waals surface area contributed by atoms with E-state index in [2.05, 4.69) is 22.9 Å². The van der Waals surface area contributed by atoms with Crippen LogP contribution in [0.15, 0.2) is 24.3 Å². The van der Waals surface area contributed by atoms with E-state index in [0.717, 1.165) is 32.1 Å². The quantitative estimate of drug-likeness (QED) is 0.144. The summed E-state index contributed by atoms with van der Waals surface area (Å²) < 4.78 is 2.90. The summed E-state index contributed by atoms with van der Waals surface area (Å²) in [6, 6.07) is 6.66. The zero-order valence-corrected chi connectivity index (χ0v) is 19.5. The number of benzene rings is 1. The number of carbonyl (C=O) groups is 2. The van der Waals surface area contributed by atoms with Crippen molar-refractivity contribution >= 4 is 69.7 Å². The van der Waals surface area contributed by atoms with E-state index in [0.29, 0.717) is 17.7 Å². The fourth-order valence-corrected chi connectivity index (χ4v) is 3.05. The maximum Gasteiger partial charge on any atom is 0.339 e. The number of unbranched alkanes of at least 4 members (excludes halogenated alkanes) is 4. The molecule has 1 unspecified atom stereocenters. The smallest absolute Gasteiger partial charge is 0.339 e. The monoisotopic (exact) mass is 481 g/mol. The Labute approximate surface area is 192 Å². The van der Waals surface area contributed by atoms with Gasteiger partial charge in [-0.1, -0.05) is 79.5 Å². The molecule has 162 valence electrons. The molecule has 0 aromatic heterocycles. The van der Waals surface area contributed by atoms with Crippen molar-refractivity contribution in [2.75, 3.05) is 12.4 Å². The average Bonchev–Trinajstić information content (AvgIpc) is 2.66. The van der Waals surface area contributed by atoms with Gasteiger partial charge in [-0.15, -0.1) is 0 Å². The lowest BCUT2D eigenvalue weighted by Gasteiger charge is -2.28. The predicted octanol–water partition coefficient (Wildman–Crippen LogP) is 4.93. The van der Waals surface area contributed by atoms with E-state index in [1.807, 2.05) is 0 Å². The number of halogens is 3. The van der Waals surface area contributed by atoms with E-state index in [-0.39, 0.29) is 11.0 Å². The topological polar surface area (TPSA) is 79.5 Å². The normalized spacial score (nSPS) is 12.0. The molecule has 1 aromatic carbocycles. The van der Waals surface area contributed by atoms with Gasteiger partial charge in [0.2, 0.25) is 9.70 Å². The molecule has 1 aromatic rings. The third-order valence-corrected chi connectivity index (χ3v) is 4.87. The van der Waals surface area contributed by atoms with Gasteiger partial charge in [-0.3, -0.25) is 4.79 Å². The second kappa shape index (κ2) is 13.1. The first-order valence-electron chi connectivity index (χ1n) is 9.30. The van der Waals surface area contributed by atoms with Crippen LogP contribution in [0.5, 0.6) is 0 Å². The lowest BCUT2D eigenvalue weighted by Crippen LogP contribution is -2.56. The van der Waals surface area contributed by atoms with Gasteiger partial charge >= 0.3 is 5.97 Å². The van der Waals surface area contributed by atoms with Crippen molar-refractivity contribution in [1.29, 1.82) is 0 Å². The molecule has 3 N–H and O–H groups in total. The number of carbonyl (C=O) groups excluding carboxylic acids is 2. The third kappa shape index (κ3) is 9.85. The maximum absolute atomic E-state index is 12.2. The number of anilines is 1. The number of methoxy groups -OCH3 is 1. The first-order chi connectivity index (χ1) is 13.7. The summed E-state index contributed by atoms with van der Waals surface area (Å²) in [6.07, 6.45) is 4.37. The summed E-state index contributed by atoms with van der Waals surface area (Å²) in [5.74, 6) is -0.770. The van der Waals surface area contributed by atoms with Gasteiger partial charge < -0.3 is 20.7 Å². The molecule has 0 aliphatic carbocycles. The highest BCUT2D eigenvalue weighted by Crippen LogP contribution is 2.29. The molecule has 0 spiro atoms. The fraction of sp³-hybridized carbons (Fsp3) is 0.526. The van der Waals surface area contributed by atoms with Gasteiger partial charge in [0, 0.05) is 6.42 Å². The summed E-state index contributed by atoms with van der Waals surface area (Å²) in [6.45, 7) is 2.13. The molecule has 0 saturated carbocycles. The lowest BCUT2D eigenvalue weighted by molar-refractivity contribution is -0.122. The van der Waals surface area contributed by atoms with Crippen molar-refractivity contribution in [2.24, 2.45) is 0 Å². The molecule has 1 atom stereocenters. The van der Waals surface area contributed by atoms with Crippen LogP contribution in [0.3, 0.4) is 0 Å². The Morgan fingerprint density at radius 2 is 1.76 bits per heavy atom. The number of nitrogens with one attached hydrogen (secondary N) is 3. The number of thiocarbonyl (C=S) groups is 1. The molecule has 29 heavy (non-hydrogen) atoms. The second-order valence-corrected chi connectivity index (χ2v) is 9.12. The van der Waals surface area contributed by atoms with E-state index in [9.17, 15) is 9.59 Å². The number of esters is 1. The van der Waals surface area contributed by atoms with Crippen LogP contribution in [0.2, 0.25) is 0 Å². The van der Waals surface area contributed by atoms with Crippen molar-refractivity contribution in [3.8, 4) is 0 Å². The van der Waals surface area contributed by atoms with Crippen LogP contribution in [-0.2, 0) is 9.53 Å². The molecule has 6 nitrogen and oxygen atoms in total. The highest BCUT2D eigenvalue weighted by Gasteiger charge is 2.34. The van der Waals surface area contributed by atoms with Crippen LogP contribution in [0.4, 0.5) is 5.69 Å². The Bertz CT molecular complexity index is 699. The molecule has 0 aliphatic heterocycles. The Hall–Kier alpha value is -1.28.